The van der Waals surface area contributed by atoms with Crippen molar-refractivity contribution in [2.45, 2.75) is 25.8 Å². The second-order valence-corrected chi connectivity index (χ2v) is 7.92. The van der Waals surface area contributed by atoms with Gasteiger partial charge in [0.05, 0.1) is 0 Å². The zero-order chi connectivity index (χ0) is 17.6. The van der Waals surface area contributed by atoms with Crippen molar-refractivity contribution in [1.82, 2.24) is 9.80 Å². The summed E-state index contributed by atoms with van der Waals surface area (Å²) in [5.74, 6) is -0.226. The topological polar surface area (TPSA) is 6.48 Å². The number of rotatable bonds is 7. The molecule has 0 bridgehead atoms. The molecule has 1 aliphatic rings. The standard InChI is InChI=1S/C20H26F2N2S/c1-23(14-18-5-9-25-15-18)13-16-2-6-24(7-3-16)8-4-17-10-19(21)12-20(22)11-17/h5,9-12,15-16H,2-4,6-8,13-14H2,1H3. The Balaban J connectivity index is 1.38. The first-order valence-corrected chi connectivity index (χ1v) is 9.90. The van der Waals surface area contributed by atoms with Gasteiger partial charge in [-0.1, -0.05) is 0 Å². The molecule has 3 rings (SSSR count). The van der Waals surface area contributed by atoms with Crippen LogP contribution < -0.4 is 0 Å². The van der Waals surface area contributed by atoms with Gasteiger partial charge in [0.1, 0.15) is 11.6 Å². The third-order valence-electron chi connectivity index (χ3n) is 4.95. The van der Waals surface area contributed by atoms with Crippen LogP contribution in [0.2, 0.25) is 0 Å². The van der Waals surface area contributed by atoms with Gasteiger partial charge in [0, 0.05) is 25.7 Å². The Kier molecular flexibility index (Phi) is 6.57. The fourth-order valence-corrected chi connectivity index (χ4v) is 4.29. The lowest BCUT2D eigenvalue weighted by Gasteiger charge is -2.34. The van der Waals surface area contributed by atoms with Gasteiger partial charge in [-0.2, -0.15) is 11.3 Å². The molecule has 2 heterocycles. The van der Waals surface area contributed by atoms with Crippen LogP contribution in [0, 0.1) is 17.6 Å². The fourth-order valence-electron chi connectivity index (χ4n) is 3.63. The number of hydrogen-bond acceptors (Lipinski definition) is 3. The normalized spacial score (nSPS) is 16.6. The maximum atomic E-state index is 13.2. The van der Waals surface area contributed by atoms with E-state index in [0.29, 0.717) is 6.42 Å². The predicted molar refractivity (Wildman–Crippen MR) is 99.9 cm³/mol. The van der Waals surface area contributed by atoms with Crippen molar-refractivity contribution in [2.75, 3.05) is 33.2 Å². The Hall–Kier alpha value is -1.30. The van der Waals surface area contributed by atoms with Gasteiger partial charge >= 0.3 is 0 Å². The lowest BCUT2D eigenvalue weighted by Crippen LogP contribution is -2.38. The highest BCUT2D eigenvalue weighted by atomic mass is 32.1. The average molecular weight is 365 g/mol. The maximum absolute atomic E-state index is 13.2. The summed E-state index contributed by atoms with van der Waals surface area (Å²) in [7, 11) is 2.20. The molecule has 0 aliphatic carbocycles. The van der Waals surface area contributed by atoms with E-state index in [2.05, 4.69) is 33.7 Å². The largest absolute Gasteiger partial charge is 0.303 e. The summed E-state index contributed by atoms with van der Waals surface area (Å²) in [5, 5.41) is 4.35. The minimum absolute atomic E-state index is 0.484. The van der Waals surface area contributed by atoms with Crippen molar-refractivity contribution >= 4 is 11.3 Å². The van der Waals surface area contributed by atoms with Crippen molar-refractivity contribution in [2.24, 2.45) is 5.92 Å². The molecule has 1 aromatic heterocycles. The van der Waals surface area contributed by atoms with Crippen LogP contribution in [0.3, 0.4) is 0 Å². The van der Waals surface area contributed by atoms with Crippen LogP contribution in [0.15, 0.2) is 35.0 Å². The molecule has 0 radical (unpaired) electrons. The maximum Gasteiger partial charge on any atom is 0.126 e. The van der Waals surface area contributed by atoms with E-state index in [1.54, 1.807) is 11.3 Å². The van der Waals surface area contributed by atoms with Gasteiger partial charge in [0.25, 0.3) is 0 Å². The number of benzene rings is 1. The smallest absolute Gasteiger partial charge is 0.126 e. The number of likely N-dealkylation sites (tertiary alicyclic amines) is 1. The summed E-state index contributed by atoms with van der Waals surface area (Å²) in [4.78, 5) is 4.83. The molecule has 1 fully saturated rings. The average Bonchev–Trinajstić information content (AvgIpc) is 3.06. The molecule has 1 aliphatic heterocycles. The van der Waals surface area contributed by atoms with Crippen molar-refractivity contribution in [3.05, 3.63) is 57.8 Å². The number of hydrogen-bond donors (Lipinski definition) is 0. The molecule has 2 aromatic rings. The van der Waals surface area contributed by atoms with Crippen LogP contribution in [0.5, 0.6) is 0 Å². The van der Waals surface area contributed by atoms with Crippen LogP contribution in [0.1, 0.15) is 24.0 Å². The second kappa shape index (κ2) is 8.88. The van der Waals surface area contributed by atoms with Gasteiger partial charge in [0.15, 0.2) is 0 Å². The van der Waals surface area contributed by atoms with Gasteiger partial charge in [0.2, 0.25) is 0 Å². The van der Waals surface area contributed by atoms with Crippen LogP contribution in [0.4, 0.5) is 8.78 Å². The van der Waals surface area contributed by atoms with Crippen LogP contribution >= 0.6 is 11.3 Å². The van der Waals surface area contributed by atoms with Crippen molar-refractivity contribution in [3.63, 3.8) is 0 Å². The molecule has 1 aromatic carbocycles. The molecule has 1 saturated heterocycles. The number of nitrogens with zero attached hydrogens (tertiary/aromatic N) is 2. The van der Waals surface area contributed by atoms with Crippen molar-refractivity contribution in [3.8, 4) is 0 Å². The monoisotopic (exact) mass is 364 g/mol. The molecule has 25 heavy (non-hydrogen) atoms. The molecule has 0 spiro atoms. The summed E-state index contributed by atoms with van der Waals surface area (Å²) in [5.41, 5.74) is 2.14. The second-order valence-electron chi connectivity index (χ2n) is 7.14. The van der Waals surface area contributed by atoms with Crippen LogP contribution in [-0.2, 0) is 13.0 Å². The molecular weight excluding hydrogens is 338 g/mol. The van der Waals surface area contributed by atoms with E-state index >= 15 is 0 Å². The molecular formula is C20H26F2N2S. The molecule has 0 N–H and O–H groups in total. The van der Waals surface area contributed by atoms with Crippen LogP contribution in [-0.4, -0.2) is 43.0 Å². The lowest BCUT2D eigenvalue weighted by atomic mass is 9.96. The van der Waals surface area contributed by atoms with Gasteiger partial charge < -0.3 is 9.80 Å². The summed E-state index contributed by atoms with van der Waals surface area (Å²) in [6, 6.07) is 6.01. The van der Waals surface area contributed by atoms with E-state index in [9.17, 15) is 8.78 Å². The highest BCUT2D eigenvalue weighted by Crippen LogP contribution is 2.20. The first-order valence-electron chi connectivity index (χ1n) is 8.95. The van der Waals surface area contributed by atoms with E-state index in [1.165, 1.54) is 30.5 Å². The Morgan fingerprint density at radius 1 is 1.12 bits per heavy atom. The Labute approximate surface area is 153 Å². The predicted octanol–water partition coefficient (Wildman–Crippen LogP) is 4.41. The van der Waals surface area contributed by atoms with Gasteiger partial charge in [-0.25, -0.2) is 8.78 Å². The molecule has 0 amide bonds. The molecule has 0 unspecified atom stereocenters. The molecule has 0 atom stereocenters. The van der Waals surface area contributed by atoms with Gasteiger partial charge in [-0.05, 0) is 85.4 Å². The Morgan fingerprint density at radius 3 is 2.48 bits per heavy atom. The quantitative estimate of drug-likeness (QED) is 0.718. The molecule has 136 valence electrons. The SMILES string of the molecule is CN(Cc1ccsc1)CC1CCN(CCc2cc(F)cc(F)c2)CC1. The van der Waals surface area contributed by atoms with Crippen molar-refractivity contribution < 1.29 is 8.78 Å². The molecule has 5 heteroatoms. The highest BCUT2D eigenvalue weighted by Gasteiger charge is 2.20. The Bertz CT molecular complexity index is 631. The van der Waals surface area contributed by atoms with Crippen LogP contribution in [0.25, 0.3) is 0 Å². The molecule has 2 nitrogen and oxygen atoms in total. The summed E-state index contributed by atoms with van der Waals surface area (Å²) in [6.07, 6.45) is 3.11. The summed E-state index contributed by atoms with van der Waals surface area (Å²) < 4.78 is 26.5. The zero-order valence-corrected chi connectivity index (χ0v) is 15.6. The third kappa shape index (κ3) is 5.87. The van der Waals surface area contributed by atoms with Crippen molar-refractivity contribution in [1.29, 1.82) is 0 Å². The lowest BCUT2D eigenvalue weighted by molar-refractivity contribution is 0.153. The first kappa shape index (κ1) is 18.5. The number of thiophene rings is 1. The van der Waals surface area contributed by atoms with E-state index < -0.39 is 11.6 Å². The summed E-state index contributed by atoms with van der Waals surface area (Å²) in [6.45, 7) is 5.19. The van der Waals surface area contributed by atoms with E-state index in [1.807, 2.05) is 0 Å². The van der Waals surface area contributed by atoms with E-state index in [4.69, 9.17) is 0 Å². The van der Waals surface area contributed by atoms with Gasteiger partial charge in [-0.15, -0.1) is 0 Å². The number of halogens is 2. The number of piperidine rings is 1. The minimum atomic E-state index is -0.484. The summed E-state index contributed by atoms with van der Waals surface area (Å²) >= 11 is 1.75. The minimum Gasteiger partial charge on any atom is -0.303 e. The third-order valence-corrected chi connectivity index (χ3v) is 5.68. The Morgan fingerprint density at radius 2 is 1.84 bits per heavy atom. The highest BCUT2D eigenvalue weighted by molar-refractivity contribution is 7.07. The van der Waals surface area contributed by atoms with E-state index in [0.717, 1.165) is 50.3 Å². The first-order chi connectivity index (χ1) is 12.1. The molecule has 0 saturated carbocycles. The zero-order valence-electron chi connectivity index (χ0n) is 14.8. The van der Waals surface area contributed by atoms with E-state index in [-0.39, 0.29) is 0 Å². The fraction of sp³-hybridized carbons (Fsp3) is 0.500. The van der Waals surface area contributed by atoms with Gasteiger partial charge in [-0.3, -0.25) is 0 Å².